The van der Waals surface area contributed by atoms with Crippen LogP contribution in [0.2, 0.25) is 0 Å². The molecule has 0 radical (unpaired) electrons. The predicted molar refractivity (Wildman–Crippen MR) is 47.5 cm³/mol. The molecule has 0 aromatic carbocycles. The Hall–Kier alpha value is -1.66. The van der Waals surface area contributed by atoms with Gasteiger partial charge in [0.25, 0.3) is 5.91 Å². The first-order valence-corrected chi connectivity index (χ1v) is 4.62. The van der Waals surface area contributed by atoms with E-state index in [1.807, 2.05) is 5.32 Å². The smallest absolute Gasteiger partial charge is 0.336 e. The molecule has 0 unspecified atom stereocenters. The molecule has 7 heteroatoms. The fourth-order valence-corrected chi connectivity index (χ4v) is 1.31. The Labute approximate surface area is 88.9 Å². The molecule has 0 aliphatic heterocycles. The predicted octanol–water partition coefficient (Wildman–Crippen LogP) is 1.30. The molecule has 1 heterocycles. The molecule has 4 nitrogen and oxygen atoms in total. The van der Waals surface area contributed by atoms with Gasteiger partial charge in [-0.15, -0.1) is 5.10 Å². The fraction of sp³-hybridized carbons (Fsp3) is 0.444. The topological polar surface area (TPSA) is 54.9 Å². The van der Waals surface area contributed by atoms with Crippen molar-refractivity contribution in [3.05, 3.63) is 24.0 Å². The molecule has 1 fully saturated rings. The first-order valence-electron chi connectivity index (χ1n) is 4.62. The Bertz CT molecular complexity index is 400. The van der Waals surface area contributed by atoms with Crippen molar-refractivity contribution in [1.82, 2.24) is 15.5 Å². The highest BCUT2D eigenvalue weighted by Crippen LogP contribution is 2.48. The number of alkyl halides is 3. The van der Waals surface area contributed by atoms with Crippen LogP contribution in [0, 0.1) is 0 Å². The molecule has 0 spiro atoms. The summed E-state index contributed by atoms with van der Waals surface area (Å²) >= 11 is 0. The Kier molecular flexibility index (Phi) is 2.32. The lowest BCUT2D eigenvalue weighted by Crippen LogP contribution is -2.48. The van der Waals surface area contributed by atoms with Crippen LogP contribution in [-0.2, 0) is 0 Å². The number of carbonyl (C=O) groups is 1. The molecule has 86 valence electrons. The van der Waals surface area contributed by atoms with E-state index in [2.05, 4.69) is 10.2 Å². The van der Waals surface area contributed by atoms with E-state index in [1.165, 1.54) is 18.3 Å². The van der Waals surface area contributed by atoms with E-state index in [1.54, 1.807) is 0 Å². The highest BCUT2D eigenvalue weighted by molar-refractivity contribution is 5.92. The molecule has 1 amide bonds. The molecule has 16 heavy (non-hydrogen) atoms. The molecule has 0 bridgehead atoms. The summed E-state index contributed by atoms with van der Waals surface area (Å²) < 4.78 is 37.6. The van der Waals surface area contributed by atoms with Crippen LogP contribution >= 0.6 is 0 Å². The summed E-state index contributed by atoms with van der Waals surface area (Å²) in [7, 11) is 0. The summed E-state index contributed by atoms with van der Waals surface area (Å²) in [6, 6.07) is 2.75. The average Bonchev–Trinajstić information content (AvgIpc) is 2.99. The number of hydrogen-bond donors (Lipinski definition) is 1. The Morgan fingerprint density at radius 1 is 1.44 bits per heavy atom. The molecule has 2 rings (SSSR count). The van der Waals surface area contributed by atoms with Crippen molar-refractivity contribution in [2.45, 2.75) is 24.6 Å². The molecule has 0 saturated heterocycles. The van der Waals surface area contributed by atoms with Crippen molar-refractivity contribution >= 4 is 5.91 Å². The molecule has 1 aliphatic carbocycles. The van der Waals surface area contributed by atoms with Crippen LogP contribution in [0.4, 0.5) is 13.2 Å². The third-order valence-electron chi connectivity index (χ3n) is 2.45. The number of nitrogens with one attached hydrogen (secondary N) is 1. The summed E-state index contributed by atoms with van der Waals surface area (Å²) in [5.74, 6) is -0.845. The molecule has 1 aromatic heterocycles. The van der Waals surface area contributed by atoms with Gasteiger partial charge in [-0.1, -0.05) is 0 Å². The molecule has 1 aromatic rings. The maximum absolute atomic E-state index is 12.5. The maximum Gasteiger partial charge on any atom is 0.411 e. The summed E-state index contributed by atoms with van der Waals surface area (Å²) in [5.41, 5.74) is -2.17. The lowest BCUT2D eigenvalue weighted by molar-refractivity contribution is -0.163. The van der Waals surface area contributed by atoms with E-state index in [0.717, 1.165) is 0 Å². The lowest BCUT2D eigenvalue weighted by atomic mass is 10.2. The van der Waals surface area contributed by atoms with Crippen molar-refractivity contribution < 1.29 is 18.0 Å². The van der Waals surface area contributed by atoms with Gasteiger partial charge in [0.1, 0.15) is 5.54 Å². The van der Waals surface area contributed by atoms with Crippen LogP contribution in [0.15, 0.2) is 18.3 Å². The fourth-order valence-electron chi connectivity index (χ4n) is 1.31. The van der Waals surface area contributed by atoms with Crippen molar-refractivity contribution in [2.24, 2.45) is 0 Å². The maximum atomic E-state index is 12.5. The van der Waals surface area contributed by atoms with E-state index in [-0.39, 0.29) is 18.5 Å². The number of hydrogen-bond acceptors (Lipinski definition) is 3. The highest BCUT2D eigenvalue weighted by atomic mass is 19.4. The summed E-state index contributed by atoms with van der Waals surface area (Å²) in [4.78, 5) is 11.4. The van der Waals surface area contributed by atoms with Crippen molar-refractivity contribution in [3.63, 3.8) is 0 Å². The van der Waals surface area contributed by atoms with Crippen LogP contribution in [0.25, 0.3) is 0 Å². The minimum absolute atomic E-state index is 0.0809. The summed E-state index contributed by atoms with van der Waals surface area (Å²) in [6.07, 6.45) is -3.23. The zero-order chi connectivity index (χ0) is 11.8. The molecule has 0 atom stereocenters. The molecule has 1 aliphatic rings. The van der Waals surface area contributed by atoms with E-state index in [4.69, 9.17) is 0 Å². The number of halogens is 3. The van der Waals surface area contributed by atoms with Crippen molar-refractivity contribution in [3.8, 4) is 0 Å². The zero-order valence-electron chi connectivity index (χ0n) is 8.08. The largest absolute Gasteiger partial charge is 0.411 e. The standard InChI is InChI=1S/C9H8F3N3O/c10-9(11,12)8(3-4-8)14-7(16)6-2-1-5-13-15-6/h1-2,5H,3-4H2,(H,14,16). The van der Waals surface area contributed by atoms with Crippen LogP contribution in [-0.4, -0.2) is 27.8 Å². The molecule has 1 saturated carbocycles. The minimum Gasteiger partial charge on any atom is -0.336 e. The van der Waals surface area contributed by atoms with Crippen LogP contribution in [0.1, 0.15) is 23.3 Å². The number of aromatic nitrogens is 2. The van der Waals surface area contributed by atoms with E-state index in [0.29, 0.717) is 0 Å². The first kappa shape index (κ1) is 10.8. The minimum atomic E-state index is -4.41. The number of carbonyl (C=O) groups excluding carboxylic acids is 1. The number of rotatable bonds is 2. The third-order valence-corrected chi connectivity index (χ3v) is 2.45. The van der Waals surface area contributed by atoms with E-state index < -0.39 is 17.6 Å². The summed E-state index contributed by atoms with van der Waals surface area (Å²) in [5, 5.41) is 8.83. The molecule has 1 N–H and O–H groups in total. The van der Waals surface area contributed by atoms with Gasteiger partial charge in [0.15, 0.2) is 5.69 Å². The van der Waals surface area contributed by atoms with Crippen LogP contribution < -0.4 is 5.32 Å². The second-order valence-corrected chi connectivity index (χ2v) is 3.64. The Morgan fingerprint density at radius 3 is 2.56 bits per heavy atom. The normalized spacial score (nSPS) is 17.9. The number of amides is 1. The first-order chi connectivity index (χ1) is 7.45. The quantitative estimate of drug-likeness (QED) is 0.834. The highest BCUT2D eigenvalue weighted by Gasteiger charge is 2.64. The van der Waals surface area contributed by atoms with Gasteiger partial charge in [0.2, 0.25) is 0 Å². The Morgan fingerprint density at radius 2 is 2.12 bits per heavy atom. The average molecular weight is 231 g/mol. The number of nitrogens with zero attached hydrogens (tertiary/aromatic N) is 2. The van der Waals surface area contributed by atoms with Gasteiger partial charge in [-0.05, 0) is 25.0 Å². The van der Waals surface area contributed by atoms with Crippen LogP contribution in [0.5, 0.6) is 0 Å². The van der Waals surface area contributed by atoms with E-state index >= 15 is 0 Å². The second kappa shape index (κ2) is 3.43. The third kappa shape index (κ3) is 1.84. The Balaban J connectivity index is 2.10. The van der Waals surface area contributed by atoms with Crippen molar-refractivity contribution in [2.75, 3.05) is 0 Å². The van der Waals surface area contributed by atoms with Gasteiger partial charge in [0.05, 0.1) is 0 Å². The SMILES string of the molecule is O=C(NC1(C(F)(F)F)CC1)c1cccnn1. The van der Waals surface area contributed by atoms with E-state index in [9.17, 15) is 18.0 Å². The van der Waals surface area contributed by atoms with Gasteiger partial charge in [0, 0.05) is 6.20 Å². The van der Waals surface area contributed by atoms with Gasteiger partial charge < -0.3 is 5.32 Å². The molecular weight excluding hydrogens is 223 g/mol. The second-order valence-electron chi connectivity index (χ2n) is 3.64. The van der Waals surface area contributed by atoms with Crippen LogP contribution in [0.3, 0.4) is 0 Å². The lowest BCUT2D eigenvalue weighted by Gasteiger charge is -2.20. The van der Waals surface area contributed by atoms with Gasteiger partial charge in [-0.2, -0.15) is 18.3 Å². The summed E-state index contributed by atoms with van der Waals surface area (Å²) in [6.45, 7) is 0. The van der Waals surface area contributed by atoms with Gasteiger partial charge >= 0.3 is 6.18 Å². The van der Waals surface area contributed by atoms with Gasteiger partial charge in [-0.25, -0.2) is 0 Å². The monoisotopic (exact) mass is 231 g/mol. The molecular formula is C9H8F3N3O. The van der Waals surface area contributed by atoms with Crippen molar-refractivity contribution in [1.29, 1.82) is 0 Å². The zero-order valence-corrected chi connectivity index (χ0v) is 8.08. The van der Waals surface area contributed by atoms with Gasteiger partial charge in [-0.3, -0.25) is 4.79 Å².